The maximum absolute atomic E-state index is 13.9. The number of esters is 1. The van der Waals surface area contributed by atoms with Crippen molar-refractivity contribution in [3.05, 3.63) is 132 Å². The average molecular weight is 897 g/mol. The largest absolute Gasteiger partial charge is 0.487 e. The fourth-order valence-corrected chi connectivity index (χ4v) is 8.39. The lowest BCUT2D eigenvalue weighted by atomic mass is 9.97. The molecule has 2 aliphatic rings. The summed E-state index contributed by atoms with van der Waals surface area (Å²) in [5.41, 5.74) is 8.30. The van der Waals surface area contributed by atoms with E-state index in [1.165, 1.54) is 13.0 Å². The minimum atomic E-state index is -1.01. The number of rotatable bonds is 20. The minimum absolute atomic E-state index is 0.0157. The van der Waals surface area contributed by atoms with Gasteiger partial charge in [0.15, 0.2) is 0 Å². The molecule has 1 aliphatic heterocycles. The molecular formula is C51H56N6O9. The van der Waals surface area contributed by atoms with E-state index in [1.54, 1.807) is 32.2 Å². The molecule has 66 heavy (non-hydrogen) atoms. The van der Waals surface area contributed by atoms with Gasteiger partial charge < -0.3 is 45.5 Å². The van der Waals surface area contributed by atoms with Crippen LogP contribution in [0.5, 0.6) is 5.75 Å². The SMILES string of the molecule is C=CCOC(=O)NCCCC[C@H](NC(=O)[C@@H](NC(=O)OCC1c2ccccc2-c2ccccc21)C(C)C)C(=O)Nc1ccc(COc2cc3c(c4cccnc24)C(COC(C)=O)CN3)cc1. The quantitative estimate of drug-likeness (QED) is 0.0220. The topological polar surface area (TPSA) is 195 Å². The predicted molar refractivity (Wildman–Crippen MR) is 251 cm³/mol. The van der Waals surface area contributed by atoms with Crippen molar-refractivity contribution in [2.45, 2.75) is 70.6 Å². The van der Waals surface area contributed by atoms with Gasteiger partial charge in [0.1, 0.15) is 43.2 Å². The van der Waals surface area contributed by atoms with Gasteiger partial charge in [-0.15, -0.1) is 0 Å². The normalized spacial score (nSPS) is 14.4. The van der Waals surface area contributed by atoms with Gasteiger partial charge in [-0.05, 0) is 76.8 Å². The Morgan fingerprint density at radius 2 is 1.56 bits per heavy atom. The zero-order valence-corrected chi connectivity index (χ0v) is 37.4. The molecule has 2 heterocycles. The highest BCUT2D eigenvalue weighted by atomic mass is 16.6. The number of nitrogens with zero attached hydrogens (tertiary/aromatic N) is 1. The number of anilines is 2. The lowest BCUT2D eigenvalue weighted by Gasteiger charge is -2.25. The van der Waals surface area contributed by atoms with E-state index >= 15 is 0 Å². The van der Waals surface area contributed by atoms with Crippen LogP contribution >= 0.6 is 0 Å². The van der Waals surface area contributed by atoms with Gasteiger partial charge in [-0.25, -0.2) is 9.59 Å². The fraction of sp³-hybridized carbons (Fsp3) is 0.333. The summed E-state index contributed by atoms with van der Waals surface area (Å²) < 4.78 is 22.4. The zero-order chi connectivity index (χ0) is 46.6. The van der Waals surface area contributed by atoms with Crippen LogP contribution in [0.4, 0.5) is 21.0 Å². The van der Waals surface area contributed by atoms with E-state index in [0.29, 0.717) is 42.9 Å². The molecule has 5 aromatic rings. The zero-order valence-electron chi connectivity index (χ0n) is 37.4. The molecule has 4 amide bonds. The number of aromatic nitrogens is 1. The Balaban J connectivity index is 0.977. The van der Waals surface area contributed by atoms with E-state index in [4.69, 9.17) is 18.9 Å². The van der Waals surface area contributed by atoms with Crippen molar-refractivity contribution in [2.24, 2.45) is 5.92 Å². The lowest BCUT2D eigenvalue weighted by molar-refractivity contribution is -0.141. The van der Waals surface area contributed by atoms with Crippen LogP contribution in [-0.2, 0) is 35.2 Å². The first-order valence-corrected chi connectivity index (χ1v) is 22.3. The van der Waals surface area contributed by atoms with Crippen molar-refractivity contribution in [3.8, 4) is 16.9 Å². The van der Waals surface area contributed by atoms with E-state index in [-0.39, 0.29) is 56.6 Å². The summed E-state index contributed by atoms with van der Waals surface area (Å²) in [6.45, 7) is 10.1. The van der Waals surface area contributed by atoms with E-state index in [0.717, 1.165) is 44.5 Å². The molecule has 0 saturated heterocycles. The summed E-state index contributed by atoms with van der Waals surface area (Å²) in [6.07, 6.45) is 3.07. The number of benzene rings is 4. The molecule has 4 aromatic carbocycles. The van der Waals surface area contributed by atoms with Gasteiger partial charge in [-0.3, -0.25) is 19.4 Å². The predicted octanol–water partition coefficient (Wildman–Crippen LogP) is 7.96. The smallest absolute Gasteiger partial charge is 0.407 e. The Morgan fingerprint density at radius 1 is 0.833 bits per heavy atom. The summed E-state index contributed by atoms with van der Waals surface area (Å²) in [6, 6.07) is 27.0. The Kier molecular flexibility index (Phi) is 15.5. The molecule has 0 radical (unpaired) electrons. The molecule has 344 valence electrons. The van der Waals surface area contributed by atoms with Crippen LogP contribution in [0.2, 0.25) is 0 Å². The van der Waals surface area contributed by atoms with Gasteiger partial charge in [-0.2, -0.15) is 0 Å². The minimum Gasteiger partial charge on any atom is -0.487 e. The number of nitrogens with one attached hydrogen (secondary N) is 5. The molecule has 0 spiro atoms. The molecule has 0 fully saturated rings. The van der Waals surface area contributed by atoms with Crippen molar-refractivity contribution in [3.63, 3.8) is 0 Å². The average Bonchev–Trinajstić information content (AvgIpc) is 3.88. The second-order valence-corrected chi connectivity index (χ2v) is 16.7. The highest BCUT2D eigenvalue weighted by Crippen LogP contribution is 2.45. The number of hydrogen-bond acceptors (Lipinski definition) is 11. The number of hydrogen-bond donors (Lipinski definition) is 5. The van der Waals surface area contributed by atoms with Crippen molar-refractivity contribution in [1.82, 2.24) is 20.9 Å². The molecule has 1 aromatic heterocycles. The number of pyridine rings is 1. The molecule has 15 heteroatoms. The maximum Gasteiger partial charge on any atom is 0.407 e. The van der Waals surface area contributed by atoms with Crippen molar-refractivity contribution in [1.29, 1.82) is 0 Å². The highest BCUT2D eigenvalue weighted by Gasteiger charge is 2.32. The molecule has 0 saturated carbocycles. The first-order chi connectivity index (χ1) is 32.0. The van der Waals surface area contributed by atoms with Gasteiger partial charge in [0.25, 0.3) is 0 Å². The third-order valence-corrected chi connectivity index (χ3v) is 11.7. The Labute approximate surface area is 384 Å². The number of unbranched alkanes of at least 4 members (excludes halogenated alkanes) is 1. The highest BCUT2D eigenvalue weighted by molar-refractivity contribution is 5.98. The van der Waals surface area contributed by atoms with Crippen LogP contribution < -0.4 is 31.3 Å². The molecule has 1 aliphatic carbocycles. The van der Waals surface area contributed by atoms with Crippen LogP contribution in [0.15, 0.2) is 110 Å². The third kappa shape index (κ3) is 11.4. The molecule has 1 unspecified atom stereocenters. The molecule has 3 atom stereocenters. The van der Waals surface area contributed by atoms with Crippen LogP contribution in [-0.4, -0.2) is 79.9 Å². The van der Waals surface area contributed by atoms with Gasteiger partial charge in [0, 0.05) is 60.9 Å². The van der Waals surface area contributed by atoms with E-state index in [1.807, 2.05) is 66.7 Å². The number of amides is 4. The third-order valence-electron chi connectivity index (χ3n) is 11.7. The van der Waals surface area contributed by atoms with Crippen LogP contribution in [0.25, 0.3) is 22.0 Å². The molecular weight excluding hydrogens is 841 g/mol. The fourth-order valence-electron chi connectivity index (χ4n) is 8.39. The summed E-state index contributed by atoms with van der Waals surface area (Å²) >= 11 is 0. The number of alkyl carbamates (subject to hydrolysis) is 2. The summed E-state index contributed by atoms with van der Waals surface area (Å²) in [7, 11) is 0. The van der Waals surface area contributed by atoms with Crippen LogP contribution in [0, 0.1) is 5.92 Å². The van der Waals surface area contributed by atoms with Gasteiger partial charge in [-0.1, -0.05) is 93.2 Å². The number of ether oxygens (including phenoxy) is 4. The Bertz CT molecular complexity index is 2520. The maximum atomic E-state index is 13.9. The number of fused-ring (bicyclic) bond motifs is 6. The Hall–Kier alpha value is -7.42. The van der Waals surface area contributed by atoms with E-state index in [2.05, 4.69) is 50.3 Å². The van der Waals surface area contributed by atoms with Gasteiger partial charge in [0.05, 0.1) is 6.61 Å². The number of carbonyl (C=O) groups excluding carboxylic acids is 5. The van der Waals surface area contributed by atoms with Crippen LogP contribution in [0.3, 0.4) is 0 Å². The molecule has 0 bridgehead atoms. The van der Waals surface area contributed by atoms with E-state index in [9.17, 15) is 24.0 Å². The van der Waals surface area contributed by atoms with Crippen molar-refractivity contribution in [2.75, 3.05) is 43.5 Å². The summed E-state index contributed by atoms with van der Waals surface area (Å²) in [5, 5.41) is 15.5. The molecule has 7 rings (SSSR count). The van der Waals surface area contributed by atoms with Gasteiger partial charge >= 0.3 is 18.2 Å². The van der Waals surface area contributed by atoms with Crippen molar-refractivity contribution < 1.29 is 42.9 Å². The Morgan fingerprint density at radius 3 is 2.26 bits per heavy atom. The number of carbonyl (C=O) groups is 5. The summed E-state index contributed by atoms with van der Waals surface area (Å²) in [5.74, 6) is -1.25. The van der Waals surface area contributed by atoms with Gasteiger partial charge in [0.2, 0.25) is 11.8 Å². The summed E-state index contributed by atoms with van der Waals surface area (Å²) in [4.78, 5) is 69.2. The molecule has 15 nitrogen and oxygen atoms in total. The van der Waals surface area contributed by atoms with Crippen LogP contribution in [0.1, 0.15) is 74.1 Å². The van der Waals surface area contributed by atoms with Crippen molar-refractivity contribution >= 4 is 52.2 Å². The second kappa shape index (κ2) is 22.0. The first-order valence-electron chi connectivity index (χ1n) is 22.3. The van der Waals surface area contributed by atoms with E-state index < -0.39 is 36.1 Å². The second-order valence-electron chi connectivity index (χ2n) is 16.7. The standard InChI is InChI=1S/C51H56N6O9/c1-5-25-63-50(61)53-23-11-10-18-42(56-49(60)46(31(2)3)57-51(62)66-30-41-38-15-8-6-13-36(38)37-14-7-9-16-39(37)41)48(59)55-35-21-19-33(20-22-35)28-65-44-26-43-45(40-17-12-24-52-47(40)44)34(27-54-43)29-64-32(4)58/h5-9,12-17,19-22,24,26,31,34,41-42,46,54H,1,10-11,18,23,25,27-30H2,2-4H3,(H,53,61)(H,55,59)(H,56,60)(H,57,62)/t34?,42-,46-/m0/s1. The first kappa shape index (κ1) is 46.6. The lowest BCUT2D eigenvalue weighted by Crippen LogP contribution is -2.54. The molecule has 5 N–H and O–H groups in total. The monoisotopic (exact) mass is 896 g/mol.